The summed E-state index contributed by atoms with van der Waals surface area (Å²) in [7, 11) is 0. The Bertz CT molecular complexity index is 803. The molecule has 0 saturated heterocycles. The highest BCUT2D eigenvalue weighted by Crippen LogP contribution is 2.27. The molecule has 0 bridgehead atoms. The molecule has 0 radical (unpaired) electrons. The molecule has 0 aliphatic heterocycles. The summed E-state index contributed by atoms with van der Waals surface area (Å²) >= 11 is 1.24. The zero-order valence-corrected chi connectivity index (χ0v) is 12.3. The summed E-state index contributed by atoms with van der Waals surface area (Å²) in [5, 5.41) is 4.62. The van der Waals surface area contributed by atoms with Crippen LogP contribution >= 0.6 is 11.3 Å². The maximum absolute atomic E-state index is 12.4. The zero-order chi connectivity index (χ0) is 16.2. The molecule has 5 nitrogen and oxygen atoms in total. The van der Waals surface area contributed by atoms with Crippen LogP contribution in [0.4, 0.5) is 14.5 Å². The maximum Gasteiger partial charge on any atom is 0.387 e. The van der Waals surface area contributed by atoms with Crippen molar-refractivity contribution in [1.29, 1.82) is 0 Å². The number of ether oxygens (including phenoxy) is 1. The molecular weight excluding hydrogens is 326 g/mol. The summed E-state index contributed by atoms with van der Waals surface area (Å²) in [5.41, 5.74) is 0.304. The Morgan fingerprint density at radius 3 is 2.83 bits per heavy atom. The van der Waals surface area contributed by atoms with E-state index in [4.69, 9.17) is 4.42 Å². The first-order chi connectivity index (χ1) is 11.1. The van der Waals surface area contributed by atoms with E-state index in [-0.39, 0.29) is 17.1 Å². The lowest BCUT2D eigenvalue weighted by molar-refractivity contribution is -0.0493. The highest BCUT2D eigenvalue weighted by molar-refractivity contribution is 7.13. The molecule has 3 rings (SSSR count). The maximum atomic E-state index is 12.4. The van der Waals surface area contributed by atoms with Crippen LogP contribution in [0.25, 0.3) is 10.8 Å². The fourth-order valence-corrected chi connectivity index (χ4v) is 2.61. The van der Waals surface area contributed by atoms with Crippen LogP contribution in [0.1, 0.15) is 10.5 Å². The van der Waals surface area contributed by atoms with Crippen molar-refractivity contribution in [3.63, 3.8) is 0 Å². The number of furan rings is 1. The van der Waals surface area contributed by atoms with E-state index in [1.807, 2.05) is 0 Å². The predicted molar refractivity (Wildman–Crippen MR) is 80.8 cm³/mol. The number of halogens is 2. The molecular formula is C15H10F2N2O3S. The van der Waals surface area contributed by atoms with Crippen LogP contribution in [0.5, 0.6) is 5.75 Å². The number of para-hydroxylation sites is 2. The van der Waals surface area contributed by atoms with Crippen LogP contribution in [0, 0.1) is 0 Å². The van der Waals surface area contributed by atoms with Crippen molar-refractivity contribution in [2.75, 3.05) is 5.32 Å². The van der Waals surface area contributed by atoms with Gasteiger partial charge >= 0.3 is 6.61 Å². The molecule has 23 heavy (non-hydrogen) atoms. The van der Waals surface area contributed by atoms with Crippen molar-refractivity contribution in [1.82, 2.24) is 4.98 Å². The van der Waals surface area contributed by atoms with Crippen LogP contribution in [0.3, 0.4) is 0 Å². The number of hydrogen-bond acceptors (Lipinski definition) is 5. The van der Waals surface area contributed by atoms with E-state index in [1.165, 1.54) is 35.8 Å². The van der Waals surface area contributed by atoms with Crippen LogP contribution in [-0.4, -0.2) is 17.5 Å². The van der Waals surface area contributed by atoms with Crippen LogP contribution in [0.15, 0.2) is 52.5 Å². The molecule has 3 aromatic rings. The average molecular weight is 336 g/mol. The number of anilines is 1. The normalized spacial score (nSPS) is 10.7. The van der Waals surface area contributed by atoms with E-state index >= 15 is 0 Å². The fraction of sp³-hybridized carbons (Fsp3) is 0.0667. The topological polar surface area (TPSA) is 64.4 Å². The average Bonchev–Trinajstić information content (AvgIpc) is 3.19. The van der Waals surface area contributed by atoms with E-state index in [0.717, 1.165) is 0 Å². The van der Waals surface area contributed by atoms with Crippen molar-refractivity contribution in [3.8, 4) is 16.5 Å². The Morgan fingerprint density at radius 2 is 2.09 bits per heavy atom. The first-order valence-corrected chi connectivity index (χ1v) is 7.36. The monoisotopic (exact) mass is 336 g/mol. The van der Waals surface area contributed by atoms with Crippen LogP contribution < -0.4 is 10.1 Å². The highest BCUT2D eigenvalue weighted by atomic mass is 32.1. The van der Waals surface area contributed by atoms with Gasteiger partial charge in [0.25, 0.3) is 5.91 Å². The molecule has 0 aliphatic carbocycles. The predicted octanol–water partition coefficient (Wildman–Crippen LogP) is 4.26. The Labute approximate surface area is 133 Å². The SMILES string of the molecule is O=C(Nc1ccccc1OC(F)F)c1csc(-c2ccco2)n1. The Balaban J connectivity index is 1.77. The van der Waals surface area contributed by atoms with Crippen LogP contribution in [-0.2, 0) is 0 Å². The second kappa shape index (κ2) is 6.57. The number of nitrogens with zero attached hydrogens (tertiary/aromatic N) is 1. The molecule has 0 saturated carbocycles. The number of carbonyl (C=O) groups excluding carboxylic acids is 1. The van der Waals surface area contributed by atoms with Crippen LogP contribution in [0.2, 0.25) is 0 Å². The van der Waals surface area contributed by atoms with Gasteiger partial charge in [-0.2, -0.15) is 8.78 Å². The van der Waals surface area contributed by atoms with E-state index in [9.17, 15) is 13.6 Å². The molecule has 0 spiro atoms. The van der Waals surface area contributed by atoms with E-state index in [2.05, 4.69) is 15.0 Å². The summed E-state index contributed by atoms with van der Waals surface area (Å²) in [6.45, 7) is -2.97. The number of benzene rings is 1. The molecule has 1 N–H and O–H groups in total. The third kappa shape index (κ3) is 3.54. The van der Waals surface area contributed by atoms with Gasteiger partial charge in [0.05, 0.1) is 12.0 Å². The molecule has 2 aromatic heterocycles. The number of alkyl halides is 2. The summed E-state index contributed by atoms with van der Waals surface area (Å²) in [4.78, 5) is 16.4. The largest absolute Gasteiger partial charge is 0.462 e. The number of aromatic nitrogens is 1. The Kier molecular flexibility index (Phi) is 4.33. The molecule has 0 aliphatic rings. The smallest absolute Gasteiger partial charge is 0.387 e. The van der Waals surface area contributed by atoms with Gasteiger partial charge in [0.15, 0.2) is 10.8 Å². The number of nitrogens with one attached hydrogen (secondary N) is 1. The standard InChI is InChI=1S/C15H10F2N2O3S/c16-15(17)22-11-5-2-1-4-9(11)18-13(20)10-8-23-14(19-10)12-6-3-7-21-12/h1-8,15H,(H,18,20). The van der Waals surface area contributed by atoms with Gasteiger partial charge in [-0.05, 0) is 24.3 Å². The first kappa shape index (κ1) is 15.2. The van der Waals surface area contributed by atoms with Gasteiger partial charge in [-0.3, -0.25) is 4.79 Å². The molecule has 2 heterocycles. The Hall–Kier alpha value is -2.74. The molecule has 1 aromatic carbocycles. The van der Waals surface area contributed by atoms with Gasteiger partial charge in [0.2, 0.25) is 0 Å². The molecule has 1 amide bonds. The molecule has 0 unspecified atom stereocenters. The van der Waals surface area contributed by atoms with Crippen molar-refractivity contribution in [2.24, 2.45) is 0 Å². The third-order valence-corrected chi connectivity index (χ3v) is 3.68. The lowest BCUT2D eigenvalue weighted by atomic mass is 10.3. The van der Waals surface area contributed by atoms with Crippen molar-refractivity contribution >= 4 is 22.9 Å². The number of carbonyl (C=O) groups is 1. The number of amides is 1. The molecule has 118 valence electrons. The number of thiazole rings is 1. The third-order valence-electron chi connectivity index (χ3n) is 2.82. The van der Waals surface area contributed by atoms with Gasteiger partial charge < -0.3 is 14.5 Å². The Morgan fingerprint density at radius 1 is 1.26 bits per heavy atom. The van der Waals surface area contributed by atoms with Gasteiger partial charge in [0.1, 0.15) is 11.4 Å². The summed E-state index contributed by atoms with van der Waals surface area (Å²) in [5.74, 6) is -0.0859. The second-order valence-electron chi connectivity index (χ2n) is 4.34. The molecule has 0 atom stereocenters. The van der Waals surface area contributed by atoms with Crippen molar-refractivity contribution in [2.45, 2.75) is 6.61 Å². The van der Waals surface area contributed by atoms with E-state index < -0.39 is 12.5 Å². The van der Waals surface area contributed by atoms with Gasteiger partial charge in [0, 0.05) is 5.38 Å². The number of rotatable bonds is 5. The minimum absolute atomic E-state index is 0.114. The van der Waals surface area contributed by atoms with Gasteiger partial charge in [-0.15, -0.1) is 11.3 Å². The van der Waals surface area contributed by atoms with Crippen molar-refractivity contribution < 1.29 is 22.7 Å². The molecule has 0 fully saturated rings. The highest BCUT2D eigenvalue weighted by Gasteiger charge is 2.16. The zero-order valence-electron chi connectivity index (χ0n) is 11.5. The lowest BCUT2D eigenvalue weighted by Crippen LogP contribution is -2.14. The fourth-order valence-electron chi connectivity index (χ4n) is 1.85. The summed E-state index contributed by atoms with van der Waals surface area (Å²) < 4.78 is 34.3. The minimum atomic E-state index is -2.97. The van der Waals surface area contributed by atoms with E-state index in [1.54, 1.807) is 23.6 Å². The number of hydrogen-bond donors (Lipinski definition) is 1. The summed E-state index contributed by atoms with van der Waals surface area (Å²) in [6, 6.07) is 9.39. The lowest BCUT2D eigenvalue weighted by Gasteiger charge is -2.10. The van der Waals surface area contributed by atoms with E-state index in [0.29, 0.717) is 10.8 Å². The summed E-state index contributed by atoms with van der Waals surface area (Å²) in [6.07, 6.45) is 1.51. The first-order valence-electron chi connectivity index (χ1n) is 6.48. The second-order valence-corrected chi connectivity index (χ2v) is 5.20. The minimum Gasteiger partial charge on any atom is -0.462 e. The quantitative estimate of drug-likeness (QED) is 0.756. The van der Waals surface area contributed by atoms with Gasteiger partial charge in [-0.1, -0.05) is 12.1 Å². The van der Waals surface area contributed by atoms with Gasteiger partial charge in [-0.25, -0.2) is 4.98 Å². The van der Waals surface area contributed by atoms with Crippen molar-refractivity contribution in [3.05, 3.63) is 53.7 Å². The molecule has 8 heteroatoms.